The van der Waals surface area contributed by atoms with Crippen LogP contribution in [0.2, 0.25) is 10.0 Å². The van der Waals surface area contributed by atoms with Gasteiger partial charge < -0.3 is 15.7 Å². The Labute approximate surface area is 119 Å². The number of aromatic nitrogens is 1. The van der Waals surface area contributed by atoms with Gasteiger partial charge >= 0.3 is 0 Å². The Bertz CT molecular complexity index is 632. The van der Waals surface area contributed by atoms with Crippen molar-refractivity contribution in [2.24, 2.45) is 10.9 Å². The molecule has 19 heavy (non-hydrogen) atoms. The molecule has 0 saturated carbocycles. The number of nitrogens with zero attached hydrogens (tertiary/aromatic N) is 2. The van der Waals surface area contributed by atoms with Gasteiger partial charge in [0.25, 0.3) is 0 Å². The van der Waals surface area contributed by atoms with Gasteiger partial charge in [-0.25, -0.2) is 0 Å². The van der Waals surface area contributed by atoms with Crippen LogP contribution in [-0.4, -0.2) is 16.0 Å². The Morgan fingerprint density at radius 1 is 1.32 bits per heavy atom. The van der Waals surface area contributed by atoms with E-state index in [1.54, 1.807) is 24.3 Å². The second kappa shape index (κ2) is 5.77. The molecular formula is C12H9Cl2N3O2. The van der Waals surface area contributed by atoms with Gasteiger partial charge in [0.15, 0.2) is 5.84 Å². The van der Waals surface area contributed by atoms with Crippen LogP contribution in [0, 0.1) is 0 Å². The fourth-order valence-corrected chi connectivity index (χ4v) is 1.89. The van der Waals surface area contributed by atoms with Crippen molar-refractivity contribution in [2.75, 3.05) is 0 Å². The lowest BCUT2D eigenvalue weighted by Gasteiger charge is -2.11. The monoisotopic (exact) mass is 297 g/mol. The third-order valence-corrected chi connectivity index (χ3v) is 2.77. The first kappa shape index (κ1) is 13.5. The number of halogens is 2. The fourth-order valence-electron chi connectivity index (χ4n) is 1.46. The van der Waals surface area contributed by atoms with Crippen molar-refractivity contribution in [3.8, 4) is 11.5 Å². The number of pyridine rings is 1. The summed E-state index contributed by atoms with van der Waals surface area (Å²) in [7, 11) is 0. The number of hydrogen-bond acceptors (Lipinski definition) is 4. The average molecular weight is 298 g/mol. The second-order valence-corrected chi connectivity index (χ2v) is 4.38. The highest BCUT2D eigenvalue weighted by molar-refractivity contribution is 6.34. The molecule has 2 rings (SSSR count). The zero-order valence-electron chi connectivity index (χ0n) is 9.55. The summed E-state index contributed by atoms with van der Waals surface area (Å²) in [6.45, 7) is 0. The van der Waals surface area contributed by atoms with E-state index in [4.69, 9.17) is 38.9 Å². The maximum atomic E-state index is 8.76. The molecule has 1 aromatic carbocycles. The minimum absolute atomic E-state index is 0.143. The van der Waals surface area contributed by atoms with Crippen molar-refractivity contribution in [1.82, 2.24) is 4.98 Å². The summed E-state index contributed by atoms with van der Waals surface area (Å²) >= 11 is 11.8. The van der Waals surface area contributed by atoms with Crippen molar-refractivity contribution < 1.29 is 9.94 Å². The highest BCUT2D eigenvalue weighted by Crippen LogP contribution is 2.30. The van der Waals surface area contributed by atoms with E-state index in [1.165, 1.54) is 12.4 Å². The van der Waals surface area contributed by atoms with Gasteiger partial charge in [-0.3, -0.25) is 4.98 Å². The molecule has 0 fully saturated rings. The summed E-state index contributed by atoms with van der Waals surface area (Å²) in [5.41, 5.74) is 5.87. The second-order valence-electron chi connectivity index (χ2n) is 3.54. The van der Waals surface area contributed by atoms with E-state index in [2.05, 4.69) is 10.1 Å². The van der Waals surface area contributed by atoms with Crippen molar-refractivity contribution in [3.05, 3.63) is 52.3 Å². The number of benzene rings is 1. The molecule has 0 radical (unpaired) electrons. The highest BCUT2D eigenvalue weighted by atomic mass is 35.5. The molecule has 0 saturated heterocycles. The summed E-state index contributed by atoms with van der Waals surface area (Å²) < 4.78 is 5.59. The standard InChI is InChI=1S/C12H9Cl2N3O2/c13-7-4-8(6-16-5-7)19-10-3-1-2-9(14)11(10)12(15)17-18/h1-6,18H,(H2,15,17). The number of oxime groups is 1. The third kappa shape index (κ3) is 3.07. The smallest absolute Gasteiger partial charge is 0.175 e. The minimum Gasteiger partial charge on any atom is -0.455 e. The van der Waals surface area contributed by atoms with E-state index in [-0.39, 0.29) is 5.84 Å². The molecule has 3 N–H and O–H groups in total. The Morgan fingerprint density at radius 3 is 2.79 bits per heavy atom. The average Bonchev–Trinajstić information content (AvgIpc) is 2.38. The van der Waals surface area contributed by atoms with Gasteiger partial charge in [-0.05, 0) is 12.1 Å². The van der Waals surface area contributed by atoms with Gasteiger partial charge in [0.2, 0.25) is 0 Å². The summed E-state index contributed by atoms with van der Waals surface area (Å²) in [5, 5.41) is 12.4. The summed E-state index contributed by atoms with van der Waals surface area (Å²) in [5.74, 6) is 0.615. The van der Waals surface area contributed by atoms with Gasteiger partial charge in [0.05, 0.1) is 21.8 Å². The maximum absolute atomic E-state index is 8.76. The molecule has 0 unspecified atom stereocenters. The van der Waals surface area contributed by atoms with Crippen molar-refractivity contribution >= 4 is 29.0 Å². The Balaban J connectivity index is 2.43. The van der Waals surface area contributed by atoms with Crippen LogP contribution < -0.4 is 10.5 Å². The van der Waals surface area contributed by atoms with Crippen LogP contribution in [0.3, 0.4) is 0 Å². The third-order valence-electron chi connectivity index (χ3n) is 2.25. The number of rotatable bonds is 3. The van der Waals surface area contributed by atoms with Gasteiger partial charge in [-0.2, -0.15) is 0 Å². The summed E-state index contributed by atoms with van der Waals surface area (Å²) in [6, 6.07) is 6.52. The molecule has 0 atom stereocenters. The quantitative estimate of drug-likeness (QED) is 0.394. The first-order valence-corrected chi connectivity index (χ1v) is 5.92. The predicted octanol–water partition coefficient (Wildman–Crippen LogP) is 3.28. The van der Waals surface area contributed by atoms with E-state index in [9.17, 15) is 0 Å². The molecule has 1 heterocycles. The first-order valence-electron chi connectivity index (χ1n) is 5.16. The van der Waals surface area contributed by atoms with Crippen molar-refractivity contribution in [3.63, 3.8) is 0 Å². The van der Waals surface area contributed by atoms with E-state index >= 15 is 0 Å². The van der Waals surface area contributed by atoms with E-state index in [0.717, 1.165) is 0 Å². The van der Waals surface area contributed by atoms with Gasteiger partial charge in [0, 0.05) is 12.3 Å². The van der Waals surface area contributed by atoms with Crippen molar-refractivity contribution in [1.29, 1.82) is 0 Å². The van der Waals surface area contributed by atoms with E-state index in [1.807, 2.05) is 0 Å². The predicted molar refractivity (Wildman–Crippen MR) is 73.3 cm³/mol. The van der Waals surface area contributed by atoms with E-state index < -0.39 is 0 Å². The number of amidine groups is 1. The van der Waals surface area contributed by atoms with Crippen LogP contribution in [0.1, 0.15) is 5.56 Å². The van der Waals surface area contributed by atoms with Crippen LogP contribution in [0.25, 0.3) is 0 Å². The molecular weight excluding hydrogens is 289 g/mol. The Kier molecular flexibility index (Phi) is 4.09. The molecule has 7 heteroatoms. The molecule has 0 aliphatic carbocycles. The highest BCUT2D eigenvalue weighted by Gasteiger charge is 2.13. The molecule has 0 spiro atoms. The first-order chi connectivity index (χ1) is 9.11. The van der Waals surface area contributed by atoms with Crippen molar-refractivity contribution in [2.45, 2.75) is 0 Å². The Hall–Kier alpha value is -1.98. The number of nitrogens with two attached hydrogens (primary N) is 1. The van der Waals surface area contributed by atoms with Crippen LogP contribution in [0.5, 0.6) is 11.5 Å². The lowest BCUT2D eigenvalue weighted by molar-refractivity contribution is 0.318. The van der Waals surface area contributed by atoms with Crippen LogP contribution in [0.15, 0.2) is 41.8 Å². The fraction of sp³-hybridized carbons (Fsp3) is 0. The summed E-state index contributed by atoms with van der Waals surface area (Å²) in [6.07, 6.45) is 2.97. The number of ether oxygens (including phenoxy) is 1. The molecule has 0 amide bonds. The molecule has 5 nitrogen and oxygen atoms in total. The SMILES string of the molecule is NC(=NO)c1c(Cl)cccc1Oc1cncc(Cl)c1. The lowest BCUT2D eigenvalue weighted by Crippen LogP contribution is -2.14. The largest absolute Gasteiger partial charge is 0.455 e. The molecule has 0 aliphatic rings. The minimum atomic E-state index is -0.143. The Morgan fingerprint density at radius 2 is 2.11 bits per heavy atom. The number of hydrogen-bond donors (Lipinski definition) is 2. The molecule has 1 aromatic heterocycles. The zero-order valence-corrected chi connectivity index (χ0v) is 11.1. The van der Waals surface area contributed by atoms with Gasteiger partial charge in [-0.15, -0.1) is 0 Å². The van der Waals surface area contributed by atoms with Gasteiger partial charge in [-0.1, -0.05) is 34.4 Å². The topological polar surface area (TPSA) is 80.7 Å². The molecule has 0 aliphatic heterocycles. The van der Waals surface area contributed by atoms with Gasteiger partial charge in [0.1, 0.15) is 11.5 Å². The van der Waals surface area contributed by atoms with E-state index in [0.29, 0.717) is 27.1 Å². The lowest BCUT2D eigenvalue weighted by atomic mass is 10.2. The normalized spacial score (nSPS) is 11.4. The molecule has 0 bridgehead atoms. The zero-order chi connectivity index (χ0) is 13.8. The van der Waals surface area contributed by atoms with Crippen LogP contribution in [-0.2, 0) is 0 Å². The maximum Gasteiger partial charge on any atom is 0.175 e. The molecule has 2 aromatic rings. The van der Waals surface area contributed by atoms with Crippen LogP contribution >= 0.6 is 23.2 Å². The van der Waals surface area contributed by atoms with Crippen LogP contribution in [0.4, 0.5) is 0 Å². The molecule has 98 valence electrons. The summed E-state index contributed by atoms with van der Waals surface area (Å²) in [4.78, 5) is 3.90.